The van der Waals surface area contributed by atoms with Gasteiger partial charge >= 0.3 is 6.09 Å². The number of likely N-dealkylation sites (tertiary alicyclic amines) is 1. The van der Waals surface area contributed by atoms with Gasteiger partial charge < -0.3 is 14.9 Å². The quantitative estimate of drug-likeness (QED) is 0.588. The monoisotopic (exact) mass is 424 g/mol. The van der Waals surface area contributed by atoms with Gasteiger partial charge in [0.1, 0.15) is 0 Å². The van der Waals surface area contributed by atoms with Crippen LogP contribution in [0.1, 0.15) is 20.8 Å². The number of hydrogen-bond acceptors (Lipinski definition) is 3. The van der Waals surface area contributed by atoms with Gasteiger partial charge in [-0.05, 0) is 15.4 Å². The molecule has 1 aliphatic heterocycles. The molecule has 1 aliphatic rings. The molecule has 0 unspecified atom stereocenters. The van der Waals surface area contributed by atoms with Crippen LogP contribution in [0.3, 0.4) is 0 Å². The van der Waals surface area contributed by atoms with Gasteiger partial charge in [0.15, 0.2) is 0 Å². The van der Waals surface area contributed by atoms with Crippen molar-refractivity contribution >= 4 is 35.9 Å². The van der Waals surface area contributed by atoms with Crippen LogP contribution in [0.2, 0.25) is 5.04 Å². The number of rotatable bonds is 5. The van der Waals surface area contributed by atoms with E-state index in [0.29, 0.717) is 0 Å². The van der Waals surface area contributed by atoms with E-state index >= 15 is 0 Å². The summed E-state index contributed by atoms with van der Waals surface area (Å²) < 4.78 is 0. The summed E-state index contributed by atoms with van der Waals surface area (Å²) in [4.78, 5) is 41.2. The molecule has 1 heterocycles. The molecule has 2 amide bonds. The number of benzene rings is 2. The van der Waals surface area contributed by atoms with Crippen molar-refractivity contribution in [1.82, 2.24) is 9.80 Å². The van der Waals surface area contributed by atoms with E-state index < -0.39 is 25.1 Å². The van der Waals surface area contributed by atoms with E-state index in [1.54, 1.807) is 0 Å². The summed E-state index contributed by atoms with van der Waals surface area (Å²) in [5.74, 6) is -0.515. The van der Waals surface area contributed by atoms with Crippen molar-refractivity contribution in [3.8, 4) is 0 Å². The number of amides is 2. The van der Waals surface area contributed by atoms with Crippen molar-refractivity contribution < 1.29 is 19.5 Å². The lowest BCUT2D eigenvalue weighted by atomic mass is 10.1. The molecule has 1 fully saturated rings. The molecule has 3 rings (SSSR count). The molecule has 1 N–H and O–H groups in total. The summed E-state index contributed by atoms with van der Waals surface area (Å²) in [5, 5.41) is 10.1. The Morgan fingerprint density at radius 1 is 0.933 bits per heavy atom. The number of carboxylic acid groups (broad SMARTS) is 1. The fourth-order valence-corrected chi connectivity index (χ4v) is 9.47. The average Bonchev–Trinajstić information content (AvgIpc) is 2.67. The fraction of sp³-hybridized carbons (Fsp3) is 0.348. The zero-order chi connectivity index (χ0) is 22.1. The second-order valence-electron chi connectivity index (χ2n) is 8.82. The van der Waals surface area contributed by atoms with Gasteiger partial charge in [0.05, 0.1) is 6.04 Å². The molecule has 0 aromatic heterocycles. The first-order valence-electron chi connectivity index (χ1n) is 10.0. The third-order valence-corrected chi connectivity index (χ3v) is 11.6. The molecule has 0 aliphatic carbocycles. The van der Waals surface area contributed by atoms with Crippen LogP contribution >= 0.6 is 0 Å². The Labute approximate surface area is 178 Å². The second kappa shape index (κ2) is 8.06. The third-order valence-electron chi connectivity index (χ3n) is 6.07. The van der Waals surface area contributed by atoms with Gasteiger partial charge in [-0.3, -0.25) is 9.59 Å². The predicted molar refractivity (Wildman–Crippen MR) is 119 cm³/mol. The molecular weight excluding hydrogens is 396 g/mol. The molecule has 0 atom stereocenters. The molecular formula is C23H28N2O4Si. The summed E-state index contributed by atoms with van der Waals surface area (Å²) in [7, 11) is -1.71. The summed E-state index contributed by atoms with van der Waals surface area (Å²) in [6.07, 6.45) is -1.04. The lowest BCUT2D eigenvalue weighted by Gasteiger charge is -2.46. The molecule has 7 heteroatoms. The highest BCUT2D eigenvalue weighted by Crippen LogP contribution is 2.37. The Morgan fingerprint density at radius 3 is 1.73 bits per heavy atom. The Balaban J connectivity index is 2.04. The summed E-state index contributed by atoms with van der Waals surface area (Å²) in [5.41, 5.74) is 0. The van der Waals surface area contributed by atoms with Crippen LogP contribution in [0.15, 0.2) is 60.7 Å². The first kappa shape index (κ1) is 21.8. The van der Waals surface area contributed by atoms with Crippen LogP contribution in [0, 0.1) is 0 Å². The molecule has 0 spiro atoms. The SMILES string of the molecule is CN(C(=O)O)C1CN(C(=O)C(=O)[Si](c2ccccc2)(c2ccccc2)C(C)(C)C)C1. The van der Waals surface area contributed by atoms with Crippen molar-refractivity contribution in [3.05, 3.63) is 60.7 Å². The van der Waals surface area contributed by atoms with Gasteiger partial charge in [-0.1, -0.05) is 81.4 Å². The lowest BCUT2D eigenvalue weighted by Crippen LogP contribution is -2.74. The lowest BCUT2D eigenvalue weighted by molar-refractivity contribution is -0.146. The highest BCUT2D eigenvalue weighted by Gasteiger charge is 2.57. The minimum Gasteiger partial charge on any atom is -0.465 e. The van der Waals surface area contributed by atoms with Gasteiger partial charge in [0.2, 0.25) is 13.5 Å². The summed E-state index contributed by atoms with van der Waals surface area (Å²) in [6.45, 7) is 6.57. The Bertz CT molecular complexity index is 895. The number of hydrogen-bond donors (Lipinski definition) is 1. The summed E-state index contributed by atoms with van der Waals surface area (Å²) >= 11 is 0. The average molecular weight is 425 g/mol. The second-order valence-corrected chi connectivity index (χ2v) is 13.4. The van der Waals surface area contributed by atoms with E-state index in [0.717, 1.165) is 10.4 Å². The van der Waals surface area contributed by atoms with Crippen LogP contribution in [-0.4, -0.2) is 66.6 Å². The minimum atomic E-state index is -3.19. The molecule has 2 aromatic rings. The van der Waals surface area contributed by atoms with Crippen molar-refractivity contribution in [2.24, 2.45) is 0 Å². The predicted octanol–water partition coefficient (Wildman–Crippen LogP) is 1.98. The van der Waals surface area contributed by atoms with Crippen molar-refractivity contribution in [2.75, 3.05) is 20.1 Å². The van der Waals surface area contributed by atoms with Crippen LogP contribution < -0.4 is 10.4 Å². The number of likely N-dealkylation sites (N-methyl/N-ethyl adjacent to an activating group) is 1. The molecule has 30 heavy (non-hydrogen) atoms. The van der Waals surface area contributed by atoms with Gasteiger partial charge in [-0.25, -0.2) is 4.79 Å². The normalized spacial score (nSPS) is 14.7. The number of carbonyl (C=O) groups is 3. The zero-order valence-electron chi connectivity index (χ0n) is 17.8. The standard InChI is InChI=1S/C23H28N2O4Si/c1-23(2,3)30(18-11-7-5-8-12-18,19-13-9-6-10-14-19)21(27)20(26)25-15-17(16-25)24(4)22(28)29/h5-14,17H,15-16H2,1-4H3,(H,28,29). The van der Waals surface area contributed by atoms with E-state index in [1.165, 1.54) is 16.8 Å². The molecule has 0 radical (unpaired) electrons. The third kappa shape index (κ3) is 3.54. The van der Waals surface area contributed by atoms with Crippen molar-refractivity contribution in [2.45, 2.75) is 31.9 Å². The van der Waals surface area contributed by atoms with Crippen LogP contribution in [0.25, 0.3) is 0 Å². The van der Waals surface area contributed by atoms with Gasteiger partial charge in [0, 0.05) is 20.1 Å². The summed E-state index contributed by atoms with van der Waals surface area (Å²) in [6, 6.07) is 19.0. The van der Waals surface area contributed by atoms with E-state index in [2.05, 4.69) is 0 Å². The number of nitrogens with zero attached hydrogens (tertiary/aromatic N) is 2. The maximum Gasteiger partial charge on any atom is 0.407 e. The molecule has 0 saturated carbocycles. The largest absolute Gasteiger partial charge is 0.465 e. The minimum absolute atomic E-state index is 0.242. The molecule has 1 saturated heterocycles. The topological polar surface area (TPSA) is 77.9 Å². The van der Waals surface area contributed by atoms with Crippen LogP contribution in [-0.2, 0) is 9.59 Å². The maximum atomic E-state index is 14.0. The first-order valence-corrected chi connectivity index (χ1v) is 12.0. The molecule has 2 aromatic carbocycles. The maximum absolute atomic E-state index is 14.0. The Hall–Kier alpha value is -2.93. The highest BCUT2D eigenvalue weighted by molar-refractivity contribution is 7.29. The van der Waals surface area contributed by atoms with Gasteiger partial charge in [-0.15, -0.1) is 0 Å². The van der Waals surface area contributed by atoms with E-state index in [1.807, 2.05) is 81.4 Å². The van der Waals surface area contributed by atoms with Crippen LogP contribution in [0.5, 0.6) is 0 Å². The van der Waals surface area contributed by atoms with E-state index in [9.17, 15) is 14.4 Å². The first-order chi connectivity index (χ1) is 14.1. The number of carbonyl (C=O) groups excluding carboxylic acids is 2. The zero-order valence-corrected chi connectivity index (χ0v) is 18.8. The fourth-order valence-electron chi connectivity index (χ4n) is 4.34. The van der Waals surface area contributed by atoms with Gasteiger partial charge in [0.25, 0.3) is 5.91 Å². The Morgan fingerprint density at radius 2 is 1.37 bits per heavy atom. The van der Waals surface area contributed by atoms with E-state index in [-0.39, 0.29) is 24.5 Å². The highest BCUT2D eigenvalue weighted by atomic mass is 28.3. The van der Waals surface area contributed by atoms with Crippen LogP contribution in [0.4, 0.5) is 4.79 Å². The smallest absolute Gasteiger partial charge is 0.407 e. The van der Waals surface area contributed by atoms with E-state index in [4.69, 9.17) is 5.11 Å². The molecule has 158 valence electrons. The molecule has 0 bridgehead atoms. The molecule has 6 nitrogen and oxygen atoms in total. The van der Waals surface area contributed by atoms with Gasteiger partial charge in [-0.2, -0.15) is 0 Å². The van der Waals surface area contributed by atoms with Crippen molar-refractivity contribution in [1.29, 1.82) is 0 Å². The Kier molecular flexibility index (Phi) is 5.85. The van der Waals surface area contributed by atoms with Crippen molar-refractivity contribution in [3.63, 3.8) is 0 Å².